The minimum Gasteiger partial charge on any atom is -0.481 e. The van der Waals surface area contributed by atoms with Gasteiger partial charge in [-0.2, -0.15) is 0 Å². The molecule has 0 aromatic carbocycles. The van der Waals surface area contributed by atoms with E-state index in [0.29, 0.717) is 12.8 Å². The van der Waals surface area contributed by atoms with E-state index in [-0.39, 0.29) is 12.4 Å². The summed E-state index contributed by atoms with van der Waals surface area (Å²) < 4.78 is 0. The lowest BCUT2D eigenvalue weighted by atomic mass is 9.93. The summed E-state index contributed by atoms with van der Waals surface area (Å²) in [6, 6.07) is 0. The highest BCUT2D eigenvalue weighted by atomic mass is 16.4. The Hall–Kier alpha value is -0.940. The smallest absolute Gasteiger partial charge is 0.314 e. The molecule has 5 heteroatoms. The number of unbranched alkanes of at least 4 members (excludes halogenated alkanes) is 26. The van der Waals surface area contributed by atoms with Gasteiger partial charge in [0.05, 0.1) is 12.7 Å². The average Bonchev–Trinajstić information content (AvgIpc) is 2.98. The Morgan fingerprint density at radius 3 is 1.12 bits per heavy atom. The lowest BCUT2D eigenvalue weighted by molar-refractivity contribution is -0.146. The van der Waals surface area contributed by atoms with Crippen LogP contribution in [0, 0.1) is 5.92 Å². The Labute approximate surface area is 261 Å². The molecule has 0 radical (unpaired) electrons. The number of aliphatic carboxylic acids is 1. The Morgan fingerprint density at radius 2 is 0.786 bits per heavy atom. The van der Waals surface area contributed by atoms with Crippen molar-refractivity contribution in [1.82, 2.24) is 0 Å². The van der Waals surface area contributed by atoms with E-state index in [9.17, 15) is 19.8 Å². The second-order valence-electron chi connectivity index (χ2n) is 13.1. The zero-order chi connectivity index (χ0) is 30.9. The normalized spacial score (nSPS) is 12.9. The van der Waals surface area contributed by atoms with E-state index in [0.717, 1.165) is 57.8 Å². The molecule has 0 saturated carbocycles. The number of aliphatic hydroxyl groups is 2. The maximum Gasteiger partial charge on any atom is 0.314 e. The van der Waals surface area contributed by atoms with Crippen LogP contribution in [0.4, 0.5) is 0 Å². The summed E-state index contributed by atoms with van der Waals surface area (Å²) in [5.74, 6) is -1.77. The molecule has 2 atom stereocenters. The second kappa shape index (κ2) is 33.0. The minimum absolute atomic E-state index is 0.0556. The zero-order valence-corrected chi connectivity index (χ0v) is 27.9. The fraction of sp³-hybridized carbons (Fsp3) is 0.946. The van der Waals surface area contributed by atoms with E-state index in [1.165, 1.54) is 128 Å². The van der Waals surface area contributed by atoms with E-state index >= 15 is 0 Å². The van der Waals surface area contributed by atoms with Crippen molar-refractivity contribution in [3.63, 3.8) is 0 Å². The van der Waals surface area contributed by atoms with E-state index in [2.05, 4.69) is 6.92 Å². The van der Waals surface area contributed by atoms with Crippen molar-refractivity contribution in [2.75, 3.05) is 6.61 Å². The van der Waals surface area contributed by atoms with Crippen LogP contribution in [0.15, 0.2) is 0 Å². The van der Waals surface area contributed by atoms with Gasteiger partial charge in [-0.05, 0) is 19.3 Å². The molecular weight excluding hydrogens is 524 g/mol. The van der Waals surface area contributed by atoms with Gasteiger partial charge in [0, 0.05) is 6.42 Å². The molecule has 0 amide bonds. The Balaban J connectivity index is 3.52. The van der Waals surface area contributed by atoms with Gasteiger partial charge in [-0.25, -0.2) is 0 Å². The maximum absolute atomic E-state index is 12.5. The standard InChI is InChI=1S/C37H72O5/c1-2-3-4-5-6-7-8-9-13-16-19-22-25-28-31-35(37(41)42)36(40)32-29-26-23-20-17-14-11-10-12-15-18-21-24-27-30-34(39)33-38/h34-35,38-39H,2-33H2,1H3,(H,41,42). The maximum atomic E-state index is 12.5. The lowest BCUT2D eigenvalue weighted by Gasteiger charge is -2.11. The predicted molar refractivity (Wildman–Crippen MR) is 178 cm³/mol. The van der Waals surface area contributed by atoms with Crippen LogP contribution in [0.3, 0.4) is 0 Å². The van der Waals surface area contributed by atoms with Gasteiger partial charge in [-0.3, -0.25) is 9.59 Å². The monoisotopic (exact) mass is 597 g/mol. The summed E-state index contributed by atoms with van der Waals surface area (Å²) in [4.78, 5) is 24.2. The number of hydrogen-bond acceptors (Lipinski definition) is 4. The number of carbonyl (C=O) groups excluding carboxylic acids is 1. The third-order valence-electron chi connectivity index (χ3n) is 8.95. The van der Waals surface area contributed by atoms with Gasteiger partial charge in [0.1, 0.15) is 11.7 Å². The topological polar surface area (TPSA) is 94.8 Å². The van der Waals surface area contributed by atoms with Gasteiger partial charge in [0.15, 0.2) is 0 Å². The molecular formula is C37H72O5. The minimum atomic E-state index is -0.924. The second-order valence-corrected chi connectivity index (χ2v) is 13.1. The molecule has 0 aliphatic heterocycles. The summed E-state index contributed by atoms with van der Waals surface area (Å²) in [6.07, 6.45) is 35.7. The van der Waals surface area contributed by atoms with Crippen LogP contribution < -0.4 is 0 Å². The summed E-state index contributed by atoms with van der Waals surface area (Å²) in [5.41, 5.74) is 0. The van der Waals surface area contributed by atoms with E-state index in [1.807, 2.05) is 0 Å². The first kappa shape index (κ1) is 41.1. The third kappa shape index (κ3) is 29.1. The number of Topliss-reactive ketones (excluding diaryl/α,β-unsaturated/α-hetero) is 1. The highest BCUT2D eigenvalue weighted by Gasteiger charge is 2.24. The molecule has 0 bridgehead atoms. The van der Waals surface area contributed by atoms with Crippen LogP contribution in [0.5, 0.6) is 0 Å². The molecule has 0 rings (SSSR count). The zero-order valence-electron chi connectivity index (χ0n) is 27.9. The van der Waals surface area contributed by atoms with Gasteiger partial charge in [0.25, 0.3) is 0 Å². The molecule has 42 heavy (non-hydrogen) atoms. The van der Waals surface area contributed by atoms with Crippen molar-refractivity contribution < 1.29 is 24.9 Å². The van der Waals surface area contributed by atoms with Crippen molar-refractivity contribution >= 4 is 11.8 Å². The quantitative estimate of drug-likeness (QED) is 0.0499. The Morgan fingerprint density at radius 1 is 0.476 bits per heavy atom. The molecule has 0 aromatic rings. The number of rotatable bonds is 35. The molecule has 0 aromatic heterocycles. The molecule has 0 fully saturated rings. The Bertz CT molecular complexity index is 579. The number of hydrogen-bond donors (Lipinski definition) is 3. The molecule has 0 aliphatic rings. The van der Waals surface area contributed by atoms with Gasteiger partial charge in [-0.1, -0.05) is 180 Å². The van der Waals surface area contributed by atoms with E-state index in [1.54, 1.807) is 0 Å². The summed E-state index contributed by atoms with van der Waals surface area (Å²) >= 11 is 0. The molecule has 250 valence electrons. The fourth-order valence-electron chi connectivity index (χ4n) is 6.03. The first-order valence-corrected chi connectivity index (χ1v) is 18.6. The molecule has 0 aliphatic carbocycles. The van der Waals surface area contributed by atoms with E-state index < -0.39 is 18.0 Å². The first-order chi connectivity index (χ1) is 20.5. The van der Waals surface area contributed by atoms with Crippen molar-refractivity contribution in [2.24, 2.45) is 5.92 Å². The SMILES string of the molecule is CCCCCCCCCCCCCCCCC(C(=O)O)C(=O)CCCCCCCCCCCCCCCCC(O)CO. The number of carbonyl (C=O) groups is 2. The first-order valence-electron chi connectivity index (χ1n) is 18.6. The van der Waals surface area contributed by atoms with Crippen LogP contribution in [0.2, 0.25) is 0 Å². The van der Waals surface area contributed by atoms with Gasteiger partial charge in [-0.15, -0.1) is 0 Å². The molecule has 2 unspecified atom stereocenters. The highest BCUT2D eigenvalue weighted by Crippen LogP contribution is 2.19. The van der Waals surface area contributed by atoms with Crippen molar-refractivity contribution in [3.05, 3.63) is 0 Å². The van der Waals surface area contributed by atoms with Gasteiger partial charge >= 0.3 is 5.97 Å². The third-order valence-corrected chi connectivity index (χ3v) is 8.95. The van der Waals surface area contributed by atoms with Crippen LogP contribution in [-0.2, 0) is 9.59 Å². The molecule has 0 spiro atoms. The largest absolute Gasteiger partial charge is 0.481 e. The fourth-order valence-corrected chi connectivity index (χ4v) is 6.03. The molecule has 5 nitrogen and oxygen atoms in total. The number of carboxylic acids is 1. The van der Waals surface area contributed by atoms with Crippen molar-refractivity contribution in [2.45, 2.75) is 212 Å². The number of ketones is 1. The van der Waals surface area contributed by atoms with Crippen molar-refractivity contribution in [1.29, 1.82) is 0 Å². The van der Waals surface area contributed by atoms with Crippen LogP contribution in [0.25, 0.3) is 0 Å². The van der Waals surface area contributed by atoms with E-state index in [4.69, 9.17) is 5.11 Å². The number of aliphatic hydroxyl groups excluding tert-OH is 2. The van der Waals surface area contributed by atoms with Gasteiger partial charge < -0.3 is 15.3 Å². The number of carboxylic acid groups (broad SMARTS) is 1. The lowest BCUT2D eigenvalue weighted by Crippen LogP contribution is -2.23. The van der Waals surface area contributed by atoms with Gasteiger partial charge in [0.2, 0.25) is 0 Å². The van der Waals surface area contributed by atoms with Crippen LogP contribution >= 0.6 is 0 Å². The summed E-state index contributed by atoms with van der Waals surface area (Å²) in [6.45, 7) is 2.15. The molecule has 0 saturated heterocycles. The highest BCUT2D eigenvalue weighted by molar-refractivity contribution is 5.98. The van der Waals surface area contributed by atoms with Crippen molar-refractivity contribution in [3.8, 4) is 0 Å². The Kier molecular flexibility index (Phi) is 32.2. The summed E-state index contributed by atoms with van der Waals surface area (Å²) in [7, 11) is 0. The van der Waals surface area contributed by atoms with Crippen LogP contribution in [-0.4, -0.2) is 39.8 Å². The molecule has 3 N–H and O–H groups in total. The average molecular weight is 597 g/mol. The molecule has 0 heterocycles. The predicted octanol–water partition coefficient (Wildman–Crippen LogP) is 10.7. The van der Waals surface area contributed by atoms with Crippen LogP contribution in [0.1, 0.15) is 206 Å². The summed E-state index contributed by atoms with van der Waals surface area (Å²) in [5, 5.41) is 27.7.